The van der Waals surface area contributed by atoms with E-state index >= 15 is 0 Å². The molecule has 0 radical (unpaired) electrons. The van der Waals surface area contributed by atoms with E-state index in [1.807, 2.05) is 17.8 Å². The number of hydrogen-bond acceptors (Lipinski definition) is 3. The van der Waals surface area contributed by atoms with E-state index in [4.69, 9.17) is 16.3 Å². The molecule has 0 saturated carbocycles. The van der Waals surface area contributed by atoms with Crippen LogP contribution in [-0.2, 0) is 11.3 Å². The third-order valence-electron chi connectivity index (χ3n) is 3.04. The quantitative estimate of drug-likeness (QED) is 0.545. The highest BCUT2D eigenvalue weighted by Gasteiger charge is 2.06. The van der Waals surface area contributed by atoms with Gasteiger partial charge in [-0.05, 0) is 29.7 Å². The maximum Gasteiger partial charge on any atom is 0.0587 e. The SMILES string of the molecule is CCC(C)CSc1ccc(Cl)cc1CNCCOC. The Hall–Kier alpha value is -0.220. The number of thioether (sulfide) groups is 1. The molecule has 1 N–H and O–H groups in total. The number of methoxy groups -OCH3 is 1. The average Bonchev–Trinajstić information content (AvgIpc) is 2.42. The van der Waals surface area contributed by atoms with Crippen molar-refractivity contribution in [3.05, 3.63) is 28.8 Å². The molecule has 0 aromatic heterocycles. The molecule has 0 heterocycles. The lowest BCUT2D eigenvalue weighted by molar-refractivity contribution is 0.199. The summed E-state index contributed by atoms with van der Waals surface area (Å²) < 4.78 is 5.03. The van der Waals surface area contributed by atoms with Gasteiger partial charge in [0.2, 0.25) is 0 Å². The predicted octanol–water partition coefficient (Wildman–Crippen LogP) is 4.21. The number of benzene rings is 1. The average molecular weight is 302 g/mol. The first kappa shape index (κ1) is 16.8. The molecule has 0 bridgehead atoms. The molecular formula is C15H24ClNOS. The summed E-state index contributed by atoms with van der Waals surface area (Å²) in [7, 11) is 1.72. The Morgan fingerprint density at radius 3 is 2.89 bits per heavy atom. The van der Waals surface area contributed by atoms with E-state index in [1.165, 1.54) is 16.9 Å². The van der Waals surface area contributed by atoms with Crippen LogP contribution in [0.4, 0.5) is 0 Å². The maximum absolute atomic E-state index is 6.09. The fourth-order valence-electron chi connectivity index (χ4n) is 1.57. The Kier molecular flexibility index (Phi) is 8.55. The fourth-order valence-corrected chi connectivity index (χ4v) is 2.95. The zero-order chi connectivity index (χ0) is 14.1. The second kappa shape index (κ2) is 9.65. The number of hydrogen-bond donors (Lipinski definition) is 1. The molecule has 2 nitrogen and oxygen atoms in total. The largest absolute Gasteiger partial charge is 0.383 e. The summed E-state index contributed by atoms with van der Waals surface area (Å²) in [5, 5.41) is 4.18. The second-order valence-corrected chi connectivity index (χ2v) is 6.24. The number of nitrogens with one attached hydrogen (secondary N) is 1. The zero-order valence-electron chi connectivity index (χ0n) is 12.0. The van der Waals surface area contributed by atoms with E-state index in [0.29, 0.717) is 0 Å². The van der Waals surface area contributed by atoms with Gasteiger partial charge in [-0.25, -0.2) is 0 Å². The van der Waals surface area contributed by atoms with Crippen molar-refractivity contribution >= 4 is 23.4 Å². The molecule has 1 unspecified atom stereocenters. The molecule has 1 rings (SSSR count). The third kappa shape index (κ3) is 6.66. The van der Waals surface area contributed by atoms with Gasteiger partial charge in [-0.1, -0.05) is 31.9 Å². The first-order valence-electron chi connectivity index (χ1n) is 6.78. The second-order valence-electron chi connectivity index (χ2n) is 4.75. The Morgan fingerprint density at radius 2 is 2.21 bits per heavy atom. The summed E-state index contributed by atoms with van der Waals surface area (Å²) in [5.74, 6) is 1.90. The molecule has 0 saturated heterocycles. The lowest BCUT2D eigenvalue weighted by atomic mass is 10.2. The van der Waals surface area contributed by atoms with Crippen LogP contribution in [0.2, 0.25) is 5.02 Å². The van der Waals surface area contributed by atoms with Crippen LogP contribution >= 0.6 is 23.4 Å². The molecular weight excluding hydrogens is 278 g/mol. The van der Waals surface area contributed by atoms with Crippen molar-refractivity contribution in [2.75, 3.05) is 26.0 Å². The molecule has 4 heteroatoms. The zero-order valence-corrected chi connectivity index (χ0v) is 13.6. The maximum atomic E-state index is 6.09. The van der Waals surface area contributed by atoms with Crippen LogP contribution in [0.15, 0.2) is 23.1 Å². The molecule has 0 aliphatic rings. The summed E-state index contributed by atoms with van der Waals surface area (Å²) in [6.45, 7) is 6.96. The smallest absolute Gasteiger partial charge is 0.0587 e. The van der Waals surface area contributed by atoms with Gasteiger partial charge in [0.15, 0.2) is 0 Å². The topological polar surface area (TPSA) is 21.3 Å². The molecule has 0 aliphatic heterocycles. The van der Waals surface area contributed by atoms with Gasteiger partial charge in [-0.15, -0.1) is 11.8 Å². The molecule has 0 spiro atoms. The van der Waals surface area contributed by atoms with Crippen molar-refractivity contribution in [3.8, 4) is 0 Å². The van der Waals surface area contributed by atoms with Gasteiger partial charge < -0.3 is 10.1 Å². The van der Waals surface area contributed by atoms with Crippen molar-refractivity contribution < 1.29 is 4.74 Å². The van der Waals surface area contributed by atoms with Crippen molar-refractivity contribution in [3.63, 3.8) is 0 Å². The van der Waals surface area contributed by atoms with Crippen molar-refractivity contribution in [1.29, 1.82) is 0 Å². The highest BCUT2D eigenvalue weighted by molar-refractivity contribution is 7.99. The minimum absolute atomic E-state index is 0.732. The van der Waals surface area contributed by atoms with Crippen molar-refractivity contribution in [2.45, 2.75) is 31.7 Å². The highest BCUT2D eigenvalue weighted by atomic mass is 35.5. The first-order valence-corrected chi connectivity index (χ1v) is 8.14. The van der Waals surface area contributed by atoms with Gasteiger partial charge in [0.1, 0.15) is 0 Å². The van der Waals surface area contributed by atoms with Gasteiger partial charge in [0.05, 0.1) is 6.61 Å². The van der Waals surface area contributed by atoms with Gasteiger partial charge in [0, 0.05) is 35.9 Å². The molecule has 1 aromatic rings. The molecule has 1 atom stereocenters. The predicted molar refractivity (Wildman–Crippen MR) is 85.2 cm³/mol. The fraction of sp³-hybridized carbons (Fsp3) is 0.600. The normalized spacial score (nSPS) is 12.6. The minimum Gasteiger partial charge on any atom is -0.383 e. The summed E-state index contributed by atoms with van der Waals surface area (Å²) in [6.07, 6.45) is 1.22. The first-order chi connectivity index (χ1) is 9.17. The van der Waals surface area contributed by atoms with Crippen molar-refractivity contribution in [2.24, 2.45) is 5.92 Å². The summed E-state index contributed by atoms with van der Waals surface area (Å²) in [5.41, 5.74) is 1.27. The molecule has 1 aromatic carbocycles. The van der Waals surface area contributed by atoms with Crippen LogP contribution < -0.4 is 5.32 Å². The number of rotatable bonds is 9. The van der Waals surface area contributed by atoms with Crippen LogP contribution in [0.1, 0.15) is 25.8 Å². The van der Waals surface area contributed by atoms with E-state index in [2.05, 4.69) is 31.3 Å². The van der Waals surface area contributed by atoms with Crippen LogP contribution in [0.5, 0.6) is 0 Å². The van der Waals surface area contributed by atoms with Gasteiger partial charge in [0.25, 0.3) is 0 Å². The van der Waals surface area contributed by atoms with E-state index in [9.17, 15) is 0 Å². The monoisotopic (exact) mass is 301 g/mol. The molecule has 0 aliphatic carbocycles. The molecule has 19 heavy (non-hydrogen) atoms. The molecule has 0 fully saturated rings. The van der Waals surface area contributed by atoms with Gasteiger partial charge in [-0.3, -0.25) is 0 Å². The summed E-state index contributed by atoms with van der Waals surface area (Å²) in [6, 6.07) is 6.15. The van der Waals surface area contributed by atoms with Gasteiger partial charge >= 0.3 is 0 Å². The lowest BCUT2D eigenvalue weighted by Gasteiger charge is -2.13. The third-order valence-corrected chi connectivity index (χ3v) is 4.72. The van der Waals surface area contributed by atoms with Gasteiger partial charge in [-0.2, -0.15) is 0 Å². The standard InChI is InChI=1S/C15H24ClNOS/c1-4-12(2)11-19-15-6-5-14(16)9-13(15)10-17-7-8-18-3/h5-6,9,12,17H,4,7-8,10-11H2,1-3H3. The van der Waals surface area contributed by atoms with E-state index in [1.54, 1.807) is 7.11 Å². The highest BCUT2D eigenvalue weighted by Crippen LogP contribution is 2.28. The van der Waals surface area contributed by atoms with Crippen LogP contribution in [0, 0.1) is 5.92 Å². The lowest BCUT2D eigenvalue weighted by Crippen LogP contribution is -2.19. The van der Waals surface area contributed by atoms with E-state index < -0.39 is 0 Å². The summed E-state index contributed by atoms with van der Waals surface area (Å²) in [4.78, 5) is 1.33. The number of ether oxygens (including phenoxy) is 1. The Labute approximate surface area is 126 Å². The Morgan fingerprint density at radius 1 is 1.42 bits per heavy atom. The molecule has 108 valence electrons. The van der Waals surface area contributed by atoms with E-state index in [-0.39, 0.29) is 0 Å². The minimum atomic E-state index is 0.732. The Balaban J connectivity index is 2.58. The van der Waals surface area contributed by atoms with Crippen LogP contribution in [-0.4, -0.2) is 26.0 Å². The molecule has 0 amide bonds. The number of halogens is 1. The summed E-state index contributed by atoms with van der Waals surface area (Å²) >= 11 is 8.01. The van der Waals surface area contributed by atoms with Crippen molar-refractivity contribution in [1.82, 2.24) is 5.32 Å². The van der Waals surface area contributed by atoms with Crippen LogP contribution in [0.3, 0.4) is 0 Å². The Bertz CT molecular complexity index is 373. The van der Waals surface area contributed by atoms with Crippen LogP contribution in [0.25, 0.3) is 0 Å². The van der Waals surface area contributed by atoms with E-state index in [0.717, 1.165) is 36.4 Å².